The molecule has 0 amide bonds. The van der Waals surface area contributed by atoms with E-state index in [-0.39, 0.29) is 0 Å². The molecule has 1 aromatic heterocycles. The number of rotatable bonds is 2. The zero-order valence-electron chi connectivity index (χ0n) is 8.06. The van der Waals surface area contributed by atoms with Crippen LogP contribution in [0.4, 0.5) is 0 Å². The van der Waals surface area contributed by atoms with Crippen LogP contribution in [0.1, 0.15) is 12.7 Å². The van der Waals surface area contributed by atoms with Gasteiger partial charge in [-0.25, -0.2) is 0 Å². The summed E-state index contributed by atoms with van der Waals surface area (Å²) in [6.45, 7) is 3.80. The zero-order valence-corrected chi connectivity index (χ0v) is 8.88. The highest BCUT2D eigenvalue weighted by molar-refractivity contribution is 8.13. The summed E-state index contributed by atoms with van der Waals surface area (Å²) in [7, 11) is 0. The number of aliphatic imine (C=N–C) groups is 1. The number of nitrogens with zero attached hydrogens (tertiary/aromatic N) is 2. The minimum absolute atomic E-state index is 0.667. The Labute approximate surface area is 87.1 Å². The van der Waals surface area contributed by atoms with E-state index in [9.17, 15) is 0 Å². The van der Waals surface area contributed by atoms with E-state index >= 15 is 0 Å². The fourth-order valence-electron chi connectivity index (χ4n) is 1.16. The maximum atomic E-state index is 4.97. The maximum absolute atomic E-state index is 4.97. The quantitative estimate of drug-likeness (QED) is 0.805. The molecule has 1 aromatic rings. The van der Waals surface area contributed by atoms with Crippen molar-refractivity contribution < 1.29 is 4.52 Å². The van der Waals surface area contributed by atoms with Gasteiger partial charge in [0.2, 0.25) is 0 Å². The Kier molecular flexibility index (Phi) is 3.08. The minimum Gasteiger partial charge on any atom is -0.360 e. The van der Waals surface area contributed by atoms with Gasteiger partial charge in [-0.05, 0) is 5.92 Å². The molecule has 2 heterocycles. The van der Waals surface area contributed by atoms with Crippen molar-refractivity contribution in [2.24, 2.45) is 10.9 Å². The number of hydrogen-bond donors (Lipinski definition) is 1. The van der Waals surface area contributed by atoms with Gasteiger partial charge in [-0.15, -0.1) is 0 Å². The summed E-state index contributed by atoms with van der Waals surface area (Å²) in [6, 6.07) is 1.85. The normalized spacial score (nSPS) is 21.8. The van der Waals surface area contributed by atoms with Gasteiger partial charge in [0.05, 0.1) is 12.7 Å². The first-order chi connectivity index (χ1) is 6.84. The molecule has 4 nitrogen and oxygen atoms in total. The van der Waals surface area contributed by atoms with E-state index in [1.807, 2.05) is 6.07 Å². The third kappa shape index (κ3) is 2.51. The van der Waals surface area contributed by atoms with E-state index in [1.165, 1.54) is 0 Å². The van der Waals surface area contributed by atoms with Crippen molar-refractivity contribution in [2.75, 3.05) is 12.3 Å². The number of nitrogens with one attached hydrogen (secondary N) is 1. The third-order valence-corrected chi connectivity index (χ3v) is 3.24. The lowest BCUT2D eigenvalue weighted by Gasteiger charge is -2.17. The Hall–Kier alpha value is -0.970. The lowest BCUT2D eigenvalue weighted by atomic mass is 10.2. The highest BCUT2D eigenvalue weighted by Gasteiger charge is 2.11. The molecule has 1 unspecified atom stereocenters. The van der Waals surface area contributed by atoms with E-state index in [0.29, 0.717) is 12.5 Å². The van der Waals surface area contributed by atoms with Gasteiger partial charge in [-0.1, -0.05) is 23.8 Å². The van der Waals surface area contributed by atoms with Crippen LogP contribution in [0.2, 0.25) is 0 Å². The Bertz CT molecular complexity index is 310. The van der Waals surface area contributed by atoms with Gasteiger partial charge in [0.25, 0.3) is 0 Å². The molecular weight excluding hydrogens is 198 g/mol. The van der Waals surface area contributed by atoms with Crippen LogP contribution in [-0.4, -0.2) is 22.6 Å². The summed E-state index contributed by atoms with van der Waals surface area (Å²) in [5, 5.41) is 7.87. The predicted octanol–water partition coefficient (Wildman–Crippen LogP) is 1.50. The van der Waals surface area contributed by atoms with Crippen LogP contribution < -0.4 is 5.32 Å². The molecule has 1 atom stereocenters. The number of hydrogen-bond acceptors (Lipinski definition) is 5. The Morgan fingerprint density at radius 2 is 2.64 bits per heavy atom. The molecule has 0 aromatic carbocycles. The minimum atomic E-state index is 0.667. The highest BCUT2D eigenvalue weighted by Crippen LogP contribution is 2.15. The van der Waals surface area contributed by atoms with Crippen LogP contribution >= 0.6 is 11.8 Å². The second-order valence-corrected chi connectivity index (χ2v) is 4.40. The molecule has 1 aliphatic rings. The molecule has 1 aliphatic heterocycles. The molecular formula is C9H13N3OS. The molecule has 0 radical (unpaired) electrons. The van der Waals surface area contributed by atoms with Gasteiger partial charge >= 0.3 is 0 Å². The molecule has 76 valence electrons. The van der Waals surface area contributed by atoms with Gasteiger partial charge in [0.15, 0.2) is 10.9 Å². The average molecular weight is 211 g/mol. The van der Waals surface area contributed by atoms with Crippen LogP contribution in [0.15, 0.2) is 21.8 Å². The molecule has 0 bridgehead atoms. The molecule has 1 N–H and O–H groups in total. The number of thioether (sulfide) groups is 1. The number of amidine groups is 1. The van der Waals surface area contributed by atoms with E-state index in [4.69, 9.17) is 4.52 Å². The second kappa shape index (κ2) is 4.50. The van der Waals surface area contributed by atoms with Gasteiger partial charge in [0.1, 0.15) is 0 Å². The van der Waals surface area contributed by atoms with Gasteiger partial charge in [-0.3, -0.25) is 4.99 Å². The second-order valence-electron chi connectivity index (χ2n) is 3.39. The van der Waals surface area contributed by atoms with Gasteiger partial charge < -0.3 is 9.84 Å². The summed E-state index contributed by atoms with van der Waals surface area (Å²) in [6.07, 6.45) is 1.65. The van der Waals surface area contributed by atoms with Gasteiger partial charge in [0, 0.05) is 18.4 Å². The van der Waals surface area contributed by atoms with Crippen molar-refractivity contribution >= 4 is 16.9 Å². The lowest BCUT2D eigenvalue weighted by molar-refractivity contribution is 0.380. The summed E-state index contributed by atoms with van der Waals surface area (Å²) in [4.78, 5) is 4.42. The Morgan fingerprint density at radius 3 is 3.29 bits per heavy atom. The smallest absolute Gasteiger partial charge is 0.156 e. The average Bonchev–Trinajstić information content (AvgIpc) is 2.70. The Balaban J connectivity index is 1.81. The summed E-state index contributed by atoms with van der Waals surface area (Å²) in [5.41, 5.74) is 0. The van der Waals surface area contributed by atoms with Crippen LogP contribution in [0, 0.1) is 5.92 Å². The molecule has 0 saturated carbocycles. The molecule has 0 saturated heterocycles. The predicted molar refractivity (Wildman–Crippen MR) is 57.3 cm³/mol. The summed E-state index contributed by atoms with van der Waals surface area (Å²) >= 11 is 1.77. The monoisotopic (exact) mass is 211 g/mol. The Morgan fingerprint density at radius 1 is 1.71 bits per heavy atom. The van der Waals surface area contributed by atoms with Gasteiger partial charge in [-0.2, -0.15) is 0 Å². The van der Waals surface area contributed by atoms with Crippen LogP contribution in [-0.2, 0) is 6.54 Å². The van der Waals surface area contributed by atoms with Crippen LogP contribution in [0.25, 0.3) is 0 Å². The molecule has 0 aliphatic carbocycles. The fourth-order valence-corrected chi connectivity index (χ4v) is 2.05. The van der Waals surface area contributed by atoms with E-state index in [1.54, 1.807) is 18.0 Å². The van der Waals surface area contributed by atoms with Crippen molar-refractivity contribution in [1.82, 2.24) is 10.5 Å². The molecule has 14 heavy (non-hydrogen) atoms. The van der Waals surface area contributed by atoms with Crippen molar-refractivity contribution in [3.05, 3.63) is 18.0 Å². The summed E-state index contributed by atoms with van der Waals surface area (Å²) in [5.74, 6) is 2.67. The lowest BCUT2D eigenvalue weighted by Crippen LogP contribution is -2.25. The molecule has 0 spiro atoms. The topological polar surface area (TPSA) is 50.4 Å². The van der Waals surface area contributed by atoms with Crippen molar-refractivity contribution in [2.45, 2.75) is 13.5 Å². The standard InChI is InChI=1S/C9H13N3OS/c1-7-4-10-9(14-6-7)11-5-8-2-3-12-13-8/h2-3,7H,4-6H2,1H3,(H,10,11). The van der Waals surface area contributed by atoms with Crippen molar-refractivity contribution in [3.8, 4) is 0 Å². The van der Waals surface area contributed by atoms with Crippen molar-refractivity contribution in [3.63, 3.8) is 0 Å². The van der Waals surface area contributed by atoms with E-state index < -0.39 is 0 Å². The third-order valence-electron chi connectivity index (χ3n) is 1.96. The van der Waals surface area contributed by atoms with E-state index in [2.05, 4.69) is 22.4 Å². The fraction of sp³-hybridized carbons (Fsp3) is 0.556. The summed E-state index contributed by atoms with van der Waals surface area (Å²) < 4.78 is 4.97. The maximum Gasteiger partial charge on any atom is 0.156 e. The van der Waals surface area contributed by atoms with Crippen LogP contribution in [0.5, 0.6) is 0 Å². The first-order valence-electron chi connectivity index (χ1n) is 4.65. The van der Waals surface area contributed by atoms with Crippen LogP contribution in [0.3, 0.4) is 0 Å². The molecule has 2 rings (SSSR count). The largest absolute Gasteiger partial charge is 0.360 e. The van der Waals surface area contributed by atoms with Crippen molar-refractivity contribution in [1.29, 1.82) is 0 Å². The first-order valence-corrected chi connectivity index (χ1v) is 5.64. The highest BCUT2D eigenvalue weighted by atomic mass is 32.2. The number of aromatic nitrogens is 1. The molecule has 0 fully saturated rings. The van der Waals surface area contributed by atoms with E-state index in [0.717, 1.165) is 23.2 Å². The zero-order chi connectivity index (χ0) is 9.80. The SMILES string of the molecule is CC1CN=C(NCc2ccno2)SC1. The first kappa shape index (κ1) is 9.58. The molecule has 5 heteroatoms.